The number of hydrogen-bond acceptors (Lipinski definition) is 3. The lowest BCUT2D eigenvalue weighted by Crippen LogP contribution is -2.24. The highest BCUT2D eigenvalue weighted by Crippen LogP contribution is 2.20. The second kappa shape index (κ2) is 7.15. The molecule has 0 aromatic heterocycles. The summed E-state index contributed by atoms with van der Waals surface area (Å²) in [6, 6.07) is 16.7. The molecule has 0 saturated carbocycles. The molecule has 0 heterocycles. The zero-order valence-corrected chi connectivity index (χ0v) is 13.1. The van der Waals surface area contributed by atoms with Crippen molar-refractivity contribution in [3.8, 4) is 0 Å². The van der Waals surface area contributed by atoms with Gasteiger partial charge in [-0.15, -0.1) is 0 Å². The van der Waals surface area contributed by atoms with E-state index in [1.807, 2.05) is 37.3 Å². The van der Waals surface area contributed by atoms with Crippen molar-refractivity contribution in [3.63, 3.8) is 0 Å². The van der Waals surface area contributed by atoms with Gasteiger partial charge in [0.15, 0.2) is 10.2 Å². The predicted molar refractivity (Wildman–Crippen MR) is 92.0 cm³/mol. The van der Waals surface area contributed by atoms with Crippen LogP contribution in [0.3, 0.4) is 0 Å². The summed E-state index contributed by atoms with van der Waals surface area (Å²) in [4.78, 5) is 17.0. The highest BCUT2D eigenvalue weighted by molar-refractivity contribution is 8.23. The normalized spacial score (nSPS) is 11.2. The number of aliphatic imine (C=N–C) groups is 1. The number of nitrogens with zero attached hydrogens (tertiary/aromatic N) is 1. The van der Waals surface area contributed by atoms with Gasteiger partial charge in [0.05, 0.1) is 0 Å². The summed E-state index contributed by atoms with van der Waals surface area (Å²) >= 11 is 6.46. The van der Waals surface area contributed by atoms with Crippen LogP contribution in [0, 0.1) is 6.92 Å². The van der Waals surface area contributed by atoms with Gasteiger partial charge in [0.25, 0.3) is 0 Å². The van der Waals surface area contributed by atoms with E-state index in [9.17, 15) is 4.79 Å². The molecule has 0 fully saturated rings. The van der Waals surface area contributed by atoms with Crippen molar-refractivity contribution in [3.05, 3.63) is 65.7 Å². The number of thioether (sulfide) groups is 1. The average Bonchev–Trinajstić information content (AvgIpc) is 2.49. The number of Topliss-reactive ketones (excluding diaryl/α,β-unsaturated/α-hetero) is 1. The number of amidine groups is 1. The van der Waals surface area contributed by atoms with Crippen molar-refractivity contribution in [1.82, 2.24) is 0 Å². The van der Waals surface area contributed by atoms with Crippen LogP contribution in [0.25, 0.3) is 0 Å². The minimum Gasteiger partial charge on any atom is -0.380 e. The minimum atomic E-state index is -0.317. The third-order valence-electron chi connectivity index (χ3n) is 2.71. The van der Waals surface area contributed by atoms with Gasteiger partial charge in [-0.05, 0) is 19.1 Å². The maximum absolute atomic E-state index is 12.1. The molecular weight excluding hydrogens is 300 g/mol. The molecule has 0 aliphatic carbocycles. The molecule has 2 aromatic carbocycles. The summed E-state index contributed by atoms with van der Waals surface area (Å²) in [5.74, 6) is -0.409. The van der Waals surface area contributed by atoms with E-state index in [0.717, 1.165) is 4.90 Å². The quantitative estimate of drug-likeness (QED) is 0.309. The second-order valence-corrected chi connectivity index (χ2v) is 6.08. The van der Waals surface area contributed by atoms with E-state index in [4.69, 9.17) is 18.0 Å². The van der Waals surface area contributed by atoms with Crippen molar-refractivity contribution in [2.24, 2.45) is 10.7 Å². The molecule has 0 amide bonds. The number of carbonyl (C=O) groups excluding carboxylic acids is 1. The van der Waals surface area contributed by atoms with Crippen molar-refractivity contribution in [1.29, 1.82) is 0 Å². The van der Waals surface area contributed by atoms with Gasteiger partial charge in [-0.1, -0.05) is 72.0 Å². The fourth-order valence-electron chi connectivity index (χ4n) is 1.62. The van der Waals surface area contributed by atoms with Crippen LogP contribution in [-0.4, -0.2) is 15.9 Å². The Kier molecular flexibility index (Phi) is 5.25. The zero-order valence-electron chi connectivity index (χ0n) is 11.4. The Hall–Kier alpha value is -1.98. The van der Waals surface area contributed by atoms with E-state index in [-0.39, 0.29) is 11.6 Å². The number of benzene rings is 2. The molecular formula is C16H14N2OS2. The molecule has 0 bridgehead atoms. The molecule has 5 heteroatoms. The fraction of sp³-hybridized carbons (Fsp3) is 0.0625. The Labute approximate surface area is 133 Å². The first-order valence-corrected chi connectivity index (χ1v) is 7.51. The molecule has 0 aliphatic heterocycles. The summed E-state index contributed by atoms with van der Waals surface area (Å²) in [5, 5.41) is 0. The van der Waals surface area contributed by atoms with E-state index < -0.39 is 0 Å². The monoisotopic (exact) mass is 314 g/mol. The van der Waals surface area contributed by atoms with Gasteiger partial charge in [0, 0.05) is 10.5 Å². The Morgan fingerprint density at radius 2 is 1.71 bits per heavy atom. The lowest BCUT2D eigenvalue weighted by molar-refractivity contribution is 0.106. The van der Waals surface area contributed by atoms with Crippen LogP contribution in [0.4, 0.5) is 0 Å². The molecule has 0 unspecified atom stereocenters. The van der Waals surface area contributed by atoms with Gasteiger partial charge in [0.1, 0.15) is 0 Å². The second-order valence-electron chi connectivity index (χ2n) is 4.37. The number of thiocarbonyl (C=S) groups is 1. The highest BCUT2D eigenvalue weighted by Gasteiger charge is 2.11. The molecule has 106 valence electrons. The maximum atomic E-state index is 12.1. The lowest BCUT2D eigenvalue weighted by atomic mass is 10.1. The van der Waals surface area contributed by atoms with Gasteiger partial charge in [-0.25, -0.2) is 4.99 Å². The van der Waals surface area contributed by atoms with E-state index in [0.29, 0.717) is 9.88 Å². The van der Waals surface area contributed by atoms with E-state index in [1.54, 1.807) is 24.3 Å². The summed E-state index contributed by atoms with van der Waals surface area (Å²) in [7, 11) is 0. The van der Waals surface area contributed by atoms with Crippen LogP contribution in [0.2, 0.25) is 0 Å². The van der Waals surface area contributed by atoms with Crippen LogP contribution < -0.4 is 5.73 Å². The summed E-state index contributed by atoms with van der Waals surface area (Å²) in [5.41, 5.74) is 7.40. The smallest absolute Gasteiger partial charge is 0.227 e. The van der Waals surface area contributed by atoms with Gasteiger partial charge >= 0.3 is 0 Å². The predicted octanol–water partition coefficient (Wildman–Crippen LogP) is 3.61. The Morgan fingerprint density at radius 1 is 1.10 bits per heavy atom. The SMILES string of the molecule is Cc1ccc(SC(=S)N=C(N)C(=O)c2ccccc2)cc1. The fourth-order valence-corrected chi connectivity index (χ4v) is 2.62. The van der Waals surface area contributed by atoms with Crippen molar-refractivity contribution >= 4 is 39.9 Å². The molecule has 0 aliphatic rings. The van der Waals surface area contributed by atoms with Crippen LogP contribution in [0.5, 0.6) is 0 Å². The molecule has 0 atom stereocenters. The van der Waals surface area contributed by atoms with Crippen LogP contribution in [0.1, 0.15) is 15.9 Å². The number of carbonyl (C=O) groups is 1. The molecule has 0 spiro atoms. The van der Waals surface area contributed by atoms with E-state index in [1.165, 1.54) is 17.3 Å². The highest BCUT2D eigenvalue weighted by atomic mass is 32.2. The molecule has 2 aromatic rings. The van der Waals surface area contributed by atoms with Crippen LogP contribution >= 0.6 is 24.0 Å². The average molecular weight is 314 g/mol. The molecule has 3 nitrogen and oxygen atoms in total. The molecule has 21 heavy (non-hydrogen) atoms. The lowest BCUT2D eigenvalue weighted by Gasteiger charge is -2.02. The standard InChI is InChI=1S/C16H14N2OS2/c1-11-7-9-13(10-8-11)21-16(20)18-15(17)14(19)12-5-3-2-4-6-12/h2-10H,1H3,(H2,17,18,20). The first-order valence-electron chi connectivity index (χ1n) is 6.28. The van der Waals surface area contributed by atoms with Gasteiger partial charge in [-0.3, -0.25) is 4.79 Å². The Balaban J connectivity index is 2.06. The van der Waals surface area contributed by atoms with Crippen LogP contribution in [-0.2, 0) is 0 Å². The van der Waals surface area contributed by atoms with Gasteiger partial charge in [0.2, 0.25) is 5.78 Å². The van der Waals surface area contributed by atoms with E-state index in [2.05, 4.69) is 4.99 Å². The topological polar surface area (TPSA) is 55.4 Å². The first-order chi connectivity index (χ1) is 10.1. The van der Waals surface area contributed by atoms with Crippen LogP contribution in [0.15, 0.2) is 64.5 Å². The number of ketones is 1. The zero-order chi connectivity index (χ0) is 15.2. The number of rotatable bonds is 3. The summed E-state index contributed by atoms with van der Waals surface area (Å²) in [6.45, 7) is 2.02. The van der Waals surface area contributed by atoms with E-state index >= 15 is 0 Å². The summed E-state index contributed by atoms with van der Waals surface area (Å²) < 4.78 is 0.320. The maximum Gasteiger partial charge on any atom is 0.227 e. The third kappa shape index (κ3) is 4.51. The number of aryl methyl sites for hydroxylation is 1. The van der Waals surface area contributed by atoms with Crippen molar-refractivity contribution < 1.29 is 4.79 Å². The molecule has 0 radical (unpaired) electrons. The Morgan fingerprint density at radius 3 is 2.33 bits per heavy atom. The van der Waals surface area contributed by atoms with Crippen molar-refractivity contribution in [2.75, 3.05) is 0 Å². The van der Waals surface area contributed by atoms with Gasteiger partial charge < -0.3 is 5.73 Å². The number of hydrogen-bond donors (Lipinski definition) is 1. The van der Waals surface area contributed by atoms with Gasteiger partial charge in [-0.2, -0.15) is 0 Å². The summed E-state index contributed by atoms with van der Waals surface area (Å²) in [6.07, 6.45) is 0. The molecule has 0 saturated heterocycles. The largest absolute Gasteiger partial charge is 0.380 e. The van der Waals surface area contributed by atoms with Crippen molar-refractivity contribution in [2.45, 2.75) is 11.8 Å². The first kappa shape index (κ1) is 15.4. The Bertz CT molecular complexity index is 679. The minimum absolute atomic E-state index is 0.0918. The number of nitrogens with two attached hydrogens (primary N) is 1. The third-order valence-corrected chi connectivity index (χ3v) is 3.82. The molecule has 2 N–H and O–H groups in total. The molecule has 2 rings (SSSR count).